The summed E-state index contributed by atoms with van der Waals surface area (Å²) in [5.41, 5.74) is 0.255. The quantitative estimate of drug-likeness (QED) is 0.687. The summed E-state index contributed by atoms with van der Waals surface area (Å²) in [5, 5.41) is 9.74. The molecule has 0 saturated carbocycles. The van der Waals surface area contributed by atoms with Gasteiger partial charge in [0.2, 0.25) is 0 Å². The maximum absolute atomic E-state index is 14.0. The number of halogens is 3. The second-order valence-electron chi connectivity index (χ2n) is 5.00. The predicted octanol–water partition coefficient (Wildman–Crippen LogP) is 4.62. The molecule has 0 radical (unpaired) electrons. The van der Waals surface area contributed by atoms with Crippen LogP contribution in [0, 0.1) is 17.1 Å². The number of allylic oxidation sites excluding steroid dienone is 1. The third-order valence-corrected chi connectivity index (χ3v) is 5.46. The Morgan fingerprint density at radius 2 is 2.00 bits per heavy atom. The lowest BCUT2D eigenvalue weighted by atomic mass is 10.2. The standard InChI is InChI=1S/C17H12Cl2FNO3S/c1-24-14-5-3-11(17(20)8-14)6-15(9-21)25(22,23)10-12-2-4-13(18)7-16(12)19/h2-8H,10H2,1H3/b15-6-. The first kappa shape index (κ1) is 19.3. The number of benzene rings is 2. The fourth-order valence-electron chi connectivity index (χ4n) is 2.01. The van der Waals surface area contributed by atoms with E-state index >= 15 is 0 Å². The molecule has 0 amide bonds. The number of hydrogen-bond acceptors (Lipinski definition) is 4. The molecule has 0 aliphatic heterocycles. The number of ether oxygens (including phenoxy) is 1. The minimum atomic E-state index is -4.02. The molecule has 0 unspecified atom stereocenters. The van der Waals surface area contributed by atoms with Gasteiger partial charge in [-0.1, -0.05) is 29.3 Å². The number of nitrogens with zero attached hydrogens (tertiary/aromatic N) is 1. The fraction of sp³-hybridized carbons (Fsp3) is 0.118. The SMILES string of the molecule is COc1ccc(/C=C(/C#N)S(=O)(=O)Cc2ccc(Cl)cc2Cl)c(F)c1. The molecule has 0 N–H and O–H groups in total. The summed E-state index contributed by atoms with van der Waals surface area (Å²) in [5.74, 6) is -0.920. The van der Waals surface area contributed by atoms with Crippen molar-refractivity contribution in [3.8, 4) is 11.8 Å². The summed E-state index contributed by atoms with van der Waals surface area (Å²) in [6.45, 7) is 0. The lowest BCUT2D eigenvalue weighted by Crippen LogP contribution is -2.07. The van der Waals surface area contributed by atoms with Crippen LogP contribution in [0.25, 0.3) is 6.08 Å². The van der Waals surface area contributed by atoms with Gasteiger partial charge in [-0.25, -0.2) is 12.8 Å². The van der Waals surface area contributed by atoms with Crippen molar-refractivity contribution in [2.75, 3.05) is 7.11 Å². The lowest BCUT2D eigenvalue weighted by Gasteiger charge is -2.07. The average molecular weight is 400 g/mol. The van der Waals surface area contributed by atoms with E-state index in [1.165, 1.54) is 37.4 Å². The smallest absolute Gasteiger partial charge is 0.192 e. The van der Waals surface area contributed by atoms with Crippen molar-refractivity contribution in [2.24, 2.45) is 0 Å². The van der Waals surface area contributed by atoms with Crippen molar-refractivity contribution in [1.29, 1.82) is 5.26 Å². The van der Waals surface area contributed by atoms with Crippen LogP contribution >= 0.6 is 23.2 Å². The van der Waals surface area contributed by atoms with Crippen LogP contribution in [0.2, 0.25) is 10.0 Å². The molecule has 0 bridgehead atoms. The molecule has 0 spiro atoms. The molecule has 130 valence electrons. The number of methoxy groups -OCH3 is 1. The van der Waals surface area contributed by atoms with Crippen LogP contribution in [0.15, 0.2) is 41.3 Å². The fourth-order valence-corrected chi connectivity index (χ4v) is 3.82. The first-order chi connectivity index (χ1) is 11.8. The lowest BCUT2D eigenvalue weighted by molar-refractivity contribution is 0.411. The Balaban J connectivity index is 2.40. The molecule has 0 saturated heterocycles. The second kappa shape index (κ2) is 7.87. The molecular formula is C17H12Cl2FNO3S. The molecule has 4 nitrogen and oxygen atoms in total. The van der Waals surface area contributed by atoms with Crippen LogP contribution in [-0.4, -0.2) is 15.5 Å². The van der Waals surface area contributed by atoms with Gasteiger partial charge < -0.3 is 4.74 Å². The van der Waals surface area contributed by atoms with E-state index in [2.05, 4.69) is 0 Å². The number of sulfone groups is 1. The Morgan fingerprint density at radius 3 is 2.56 bits per heavy atom. The topological polar surface area (TPSA) is 67.2 Å². The molecule has 0 aromatic heterocycles. The minimum Gasteiger partial charge on any atom is -0.497 e. The van der Waals surface area contributed by atoms with Gasteiger partial charge >= 0.3 is 0 Å². The zero-order valence-electron chi connectivity index (χ0n) is 13.0. The van der Waals surface area contributed by atoms with Crippen molar-refractivity contribution >= 4 is 39.1 Å². The minimum absolute atomic E-state index is 0.0388. The van der Waals surface area contributed by atoms with E-state index in [1.54, 1.807) is 6.07 Å². The van der Waals surface area contributed by atoms with Crippen molar-refractivity contribution in [2.45, 2.75) is 5.75 Å². The number of rotatable bonds is 5. The van der Waals surface area contributed by atoms with E-state index < -0.39 is 26.3 Å². The monoisotopic (exact) mass is 399 g/mol. The molecule has 0 heterocycles. The summed E-state index contributed by atoms with van der Waals surface area (Å²) in [4.78, 5) is -0.567. The summed E-state index contributed by atoms with van der Waals surface area (Å²) in [6, 6.07) is 9.87. The summed E-state index contributed by atoms with van der Waals surface area (Å²) < 4.78 is 43.8. The van der Waals surface area contributed by atoms with Gasteiger partial charge in [-0.15, -0.1) is 0 Å². The molecule has 25 heavy (non-hydrogen) atoms. The Bertz CT molecular complexity index is 982. The van der Waals surface area contributed by atoms with Crippen LogP contribution in [0.1, 0.15) is 11.1 Å². The number of nitriles is 1. The highest BCUT2D eigenvalue weighted by atomic mass is 35.5. The maximum atomic E-state index is 14.0. The van der Waals surface area contributed by atoms with E-state index in [1.807, 2.05) is 0 Å². The Kier molecular flexibility index (Phi) is 6.07. The van der Waals surface area contributed by atoms with Gasteiger partial charge in [-0.05, 0) is 35.9 Å². The van der Waals surface area contributed by atoms with E-state index in [4.69, 9.17) is 27.9 Å². The van der Waals surface area contributed by atoms with E-state index in [-0.39, 0.29) is 16.3 Å². The van der Waals surface area contributed by atoms with Crippen LogP contribution in [0.3, 0.4) is 0 Å². The molecule has 0 fully saturated rings. The molecule has 2 aromatic carbocycles. The van der Waals surface area contributed by atoms with Crippen LogP contribution in [0.4, 0.5) is 4.39 Å². The molecular weight excluding hydrogens is 388 g/mol. The van der Waals surface area contributed by atoms with Gasteiger partial charge in [0, 0.05) is 21.7 Å². The van der Waals surface area contributed by atoms with Gasteiger partial charge in [-0.3, -0.25) is 0 Å². The van der Waals surface area contributed by atoms with Crippen molar-refractivity contribution < 1.29 is 17.5 Å². The molecule has 8 heteroatoms. The average Bonchev–Trinajstić information content (AvgIpc) is 2.56. The molecule has 2 aromatic rings. The van der Waals surface area contributed by atoms with Gasteiger partial charge in [0.05, 0.1) is 12.9 Å². The van der Waals surface area contributed by atoms with Crippen LogP contribution in [-0.2, 0) is 15.6 Å². The third kappa shape index (κ3) is 4.73. The molecule has 0 atom stereocenters. The van der Waals surface area contributed by atoms with Crippen LogP contribution in [0.5, 0.6) is 5.75 Å². The Hall–Kier alpha value is -2.07. The summed E-state index contributed by atoms with van der Waals surface area (Å²) >= 11 is 11.8. The molecule has 0 aliphatic rings. The largest absolute Gasteiger partial charge is 0.497 e. The first-order valence-electron chi connectivity index (χ1n) is 6.89. The highest BCUT2D eigenvalue weighted by molar-refractivity contribution is 7.95. The van der Waals surface area contributed by atoms with Crippen LogP contribution < -0.4 is 4.74 Å². The first-order valence-corrected chi connectivity index (χ1v) is 9.29. The van der Waals surface area contributed by atoms with Crippen molar-refractivity contribution in [3.63, 3.8) is 0 Å². The van der Waals surface area contributed by atoms with E-state index in [0.717, 1.165) is 12.1 Å². The van der Waals surface area contributed by atoms with Crippen molar-refractivity contribution in [3.05, 3.63) is 68.3 Å². The Morgan fingerprint density at radius 1 is 1.28 bits per heavy atom. The molecule has 2 rings (SSSR count). The summed E-state index contributed by atoms with van der Waals surface area (Å²) in [7, 11) is -2.64. The summed E-state index contributed by atoms with van der Waals surface area (Å²) in [6.07, 6.45) is 0.980. The van der Waals surface area contributed by atoms with Crippen molar-refractivity contribution in [1.82, 2.24) is 0 Å². The zero-order chi connectivity index (χ0) is 18.6. The van der Waals surface area contributed by atoms with E-state index in [0.29, 0.717) is 10.6 Å². The second-order valence-corrected chi connectivity index (χ2v) is 7.80. The highest BCUT2D eigenvalue weighted by Gasteiger charge is 2.21. The third-order valence-electron chi connectivity index (χ3n) is 3.30. The normalized spacial score (nSPS) is 11.9. The van der Waals surface area contributed by atoms with Gasteiger partial charge in [-0.2, -0.15) is 5.26 Å². The number of hydrogen-bond donors (Lipinski definition) is 0. The van der Waals surface area contributed by atoms with Gasteiger partial charge in [0.1, 0.15) is 22.5 Å². The van der Waals surface area contributed by atoms with Gasteiger partial charge in [0.25, 0.3) is 0 Å². The Labute approximate surface area is 155 Å². The van der Waals surface area contributed by atoms with E-state index in [9.17, 15) is 18.1 Å². The predicted molar refractivity (Wildman–Crippen MR) is 95.6 cm³/mol. The maximum Gasteiger partial charge on any atom is 0.192 e. The highest BCUT2D eigenvalue weighted by Crippen LogP contribution is 2.26. The van der Waals surface area contributed by atoms with Gasteiger partial charge in [0.15, 0.2) is 9.84 Å². The zero-order valence-corrected chi connectivity index (χ0v) is 15.3. The molecule has 0 aliphatic carbocycles.